The van der Waals surface area contributed by atoms with Crippen molar-refractivity contribution in [3.05, 3.63) is 42.0 Å². The van der Waals surface area contributed by atoms with Crippen molar-refractivity contribution in [1.82, 2.24) is 25.0 Å². The number of aromatic nitrogens is 3. The molecular formula is C25H31N7O2. The van der Waals surface area contributed by atoms with E-state index in [-0.39, 0.29) is 6.04 Å². The van der Waals surface area contributed by atoms with E-state index >= 15 is 0 Å². The van der Waals surface area contributed by atoms with Crippen LogP contribution in [0.2, 0.25) is 0 Å². The molecule has 6 rings (SSSR count). The number of piperazine rings is 1. The van der Waals surface area contributed by atoms with Crippen LogP contribution >= 0.6 is 0 Å². The van der Waals surface area contributed by atoms with Gasteiger partial charge in [-0.3, -0.25) is 9.72 Å². The Morgan fingerprint density at radius 2 is 1.82 bits per heavy atom. The van der Waals surface area contributed by atoms with Crippen LogP contribution in [0.3, 0.4) is 0 Å². The number of benzene rings is 1. The molecule has 0 spiro atoms. The Morgan fingerprint density at radius 3 is 2.53 bits per heavy atom. The maximum atomic E-state index is 11.0. The van der Waals surface area contributed by atoms with Gasteiger partial charge < -0.3 is 25.4 Å². The number of ether oxygens (including phenoxy) is 1. The second kappa shape index (κ2) is 8.35. The molecule has 1 aromatic carbocycles. The summed E-state index contributed by atoms with van der Waals surface area (Å²) in [6.45, 7) is 7.49. The number of imidazole rings is 1. The molecule has 9 heteroatoms. The molecule has 0 bridgehead atoms. The molecule has 0 aliphatic carbocycles. The summed E-state index contributed by atoms with van der Waals surface area (Å²) < 4.78 is 7.50. The largest absolute Gasteiger partial charge is 0.377 e. The van der Waals surface area contributed by atoms with Gasteiger partial charge in [0.1, 0.15) is 17.7 Å². The first-order chi connectivity index (χ1) is 16.5. The van der Waals surface area contributed by atoms with Gasteiger partial charge in [-0.1, -0.05) is 12.1 Å². The third-order valence-electron chi connectivity index (χ3n) is 6.83. The van der Waals surface area contributed by atoms with Crippen molar-refractivity contribution < 1.29 is 9.84 Å². The highest BCUT2D eigenvalue weighted by Crippen LogP contribution is 2.37. The third-order valence-corrected chi connectivity index (χ3v) is 6.83. The second-order valence-electron chi connectivity index (χ2n) is 9.53. The minimum absolute atomic E-state index is 0.187. The van der Waals surface area contributed by atoms with Crippen LogP contribution in [-0.2, 0) is 4.74 Å². The van der Waals surface area contributed by atoms with E-state index in [0.717, 1.165) is 52.2 Å². The molecule has 2 fully saturated rings. The minimum atomic E-state index is -0.887. The van der Waals surface area contributed by atoms with Gasteiger partial charge in [0, 0.05) is 30.6 Å². The van der Waals surface area contributed by atoms with Gasteiger partial charge in [0.15, 0.2) is 5.65 Å². The van der Waals surface area contributed by atoms with Crippen LogP contribution in [0.4, 0.5) is 11.5 Å². The normalized spacial score (nSPS) is 22.4. The molecule has 1 unspecified atom stereocenters. The number of hydrogen-bond donors (Lipinski definition) is 4. The van der Waals surface area contributed by atoms with Crippen molar-refractivity contribution in [2.24, 2.45) is 0 Å². The Labute approximate surface area is 198 Å². The number of nitrogens with zero attached hydrogens (tertiary/aromatic N) is 4. The third kappa shape index (κ3) is 3.47. The van der Waals surface area contributed by atoms with E-state index in [1.165, 1.54) is 0 Å². The summed E-state index contributed by atoms with van der Waals surface area (Å²) in [6, 6.07) is 13.2. The van der Waals surface area contributed by atoms with E-state index in [4.69, 9.17) is 14.7 Å². The maximum absolute atomic E-state index is 11.0. The van der Waals surface area contributed by atoms with Crippen LogP contribution in [0, 0.1) is 0 Å². The van der Waals surface area contributed by atoms with Crippen LogP contribution in [0.25, 0.3) is 27.7 Å². The molecule has 4 N–H and O–H groups in total. The van der Waals surface area contributed by atoms with E-state index in [1.807, 2.05) is 18.2 Å². The Morgan fingerprint density at radius 1 is 1.06 bits per heavy atom. The average molecular weight is 462 g/mol. The van der Waals surface area contributed by atoms with E-state index in [2.05, 4.69) is 57.3 Å². The summed E-state index contributed by atoms with van der Waals surface area (Å²) in [5.41, 5.74) is 4.94. The lowest BCUT2D eigenvalue weighted by Gasteiger charge is -2.37. The number of hydrogen-bond acceptors (Lipinski definition) is 8. The first-order valence-electron chi connectivity index (χ1n) is 12.0. The van der Waals surface area contributed by atoms with Crippen LogP contribution in [-0.4, -0.2) is 71.0 Å². The molecule has 3 aromatic heterocycles. The first kappa shape index (κ1) is 21.5. The van der Waals surface area contributed by atoms with Crippen LogP contribution in [0.1, 0.15) is 25.6 Å². The molecule has 34 heavy (non-hydrogen) atoms. The number of anilines is 2. The second-order valence-corrected chi connectivity index (χ2v) is 9.53. The summed E-state index contributed by atoms with van der Waals surface area (Å²) in [6.07, 6.45) is -0.887. The van der Waals surface area contributed by atoms with Crippen molar-refractivity contribution >= 4 is 39.2 Å². The maximum Gasteiger partial charge on any atom is 0.150 e. The van der Waals surface area contributed by atoms with E-state index in [0.29, 0.717) is 30.9 Å². The zero-order chi connectivity index (χ0) is 23.4. The molecule has 2 aliphatic rings. The van der Waals surface area contributed by atoms with Crippen LogP contribution in [0.15, 0.2) is 36.4 Å². The van der Waals surface area contributed by atoms with Gasteiger partial charge in [-0.05, 0) is 45.2 Å². The highest BCUT2D eigenvalue weighted by atomic mass is 16.5. The zero-order valence-corrected chi connectivity index (χ0v) is 19.7. The molecule has 2 saturated heterocycles. The number of aliphatic hydroxyl groups excluding tert-OH is 1. The highest BCUT2D eigenvalue weighted by molar-refractivity contribution is 6.00. The molecular weight excluding hydrogens is 430 g/mol. The lowest BCUT2D eigenvalue weighted by Crippen LogP contribution is -2.54. The van der Waals surface area contributed by atoms with Gasteiger partial charge in [-0.15, -0.1) is 0 Å². The monoisotopic (exact) mass is 461 g/mol. The summed E-state index contributed by atoms with van der Waals surface area (Å²) in [7, 11) is 1.75. The predicted molar refractivity (Wildman–Crippen MR) is 135 cm³/mol. The number of pyridine rings is 2. The highest BCUT2D eigenvalue weighted by Gasteiger charge is 2.28. The van der Waals surface area contributed by atoms with E-state index in [1.54, 1.807) is 7.05 Å². The summed E-state index contributed by atoms with van der Waals surface area (Å²) in [4.78, 5) is 12.5. The Hall–Kier alpha value is -2.98. The molecule has 0 radical (unpaired) electrons. The van der Waals surface area contributed by atoms with Gasteiger partial charge in [-0.2, -0.15) is 0 Å². The number of rotatable bonds is 5. The smallest absolute Gasteiger partial charge is 0.150 e. The molecule has 0 saturated carbocycles. The Bertz CT molecular complexity index is 1360. The fraction of sp³-hybridized carbons (Fsp3) is 0.440. The average Bonchev–Trinajstić information content (AvgIpc) is 3.19. The van der Waals surface area contributed by atoms with Crippen molar-refractivity contribution in [1.29, 1.82) is 0 Å². The van der Waals surface area contributed by atoms with Gasteiger partial charge in [0.05, 0.1) is 41.5 Å². The Kier molecular flexibility index (Phi) is 5.29. The number of fused-ring (bicyclic) bond motifs is 5. The van der Waals surface area contributed by atoms with Crippen LogP contribution < -0.4 is 20.9 Å². The molecule has 3 atom stereocenters. The molecule has 9 nitrogen and oxygen atoms in total. The number of para-hydroxylation sites is 2. The number of nitrogens with one attached hydrogen (secondary N) is 3. The molecule has 178 valence electrons. The quantitative estimate of drug-likeness (QED) is 0.336. The molecule has 0 amide bonds. The van der Waals surface area contributed by atoms with Crippen LogP contribution in [0.5, 0.6) is 0 Å². The molecule has 4 aromatic rings. The van der Waals surface area contributed by atoms with Crippen molar-refractivity contribution in [2.45, 2.75) is 38.2 Å². The lowest BCUT2D eigenvalue weighted by molar-refractivity contribution is 0.0210. The zero-order valence-electron chi connectivity index (χ0n) is 19.7. The summed E-state index contributed by atoms with van der Waals surface area (Å²) in [5.74, 6) is 0.951. The van der Waals surface area contributed by atoms with E-state index in [9.17, 15) is 5.11 Å². The first-order valence-corrected chi connectivity index (χ1v) is 12.0. The van der Waals surface area contributed by atoms with Gasteiger partial charge >= 0.3 is 0 Å². The topological polar surface area (TPSA) is 99.0 Å². The lowest BCUT2D eigenvalue weighted by atomic mass is 10.1. The molecule has 5 heterocycles. The SMILES string of the molecule is CNC(O)c1c(NC2COC2)c2ccc(N3C[C@@H](C)N[C@@H](C)C3)nc2n2c1nc1ccccc12. The van der Waals surface area contributed by atoms with Crippen molar-refractivity contribution in [3.8, 4) is 0 Å². The Balaban J connectivity index is 1.65. The number of aliphatic hydroxyl groups is 1. The summed E-state index contributed by atoms with van der Waals surface area (Å²) >= 11 is 0. The fourth-order valence-electron chi connectivity index (χ4n) is 5.25. The van der Waals surface area contributed by atoms with Gasteiger partial charge in [-0.25, -0.2) is 9.97 Å². The fourth-order valence-corrected chi connectivity index (χ4v) is 5.25. The van der Waals surface area contributed by atoms with Gasteiger partial charge in [0.25, 0.3) is 0 Å². The predicted octanol–water partition coefficient (Wildman–Crippen LogP) is 2.24. The van der Waals surface area contributed by atoms with Crippen molar-refractivity contribution in [3.63, 3.8) is 0 Å². The van der Waals surface area contributed by atoms with Crippen molar-refractivity contribution in [2.75, 3.05) is 43.6 Å². The minimum Gasteiger partial charge on any atom is -0.377 e. The molecule has 2 aliphatic heterocycles. The summed E-state index contributed by atoms with van der Waals surface area (Å²) in [5, 5.41) is 22.2. The van der Waals surface area contributed by atoms with E-state index < -0.39 is 6.23 Å². The standard InChI is InChI=1S/C25H31N7O2/c1-14-10-31(11-15(2)27-14)20-9-8-17-22(28-16-12-34-13-16)21(25(33)26-3)24-29-18-6-4-5-7-19(18)32(24)23(17)30-20/h4-9,14-16,25-28,33H,10-13H2,1-3H3/t14-,15+,25?. The van der Waals surface area contributed by atoms with Gasteiger partial charge in [0.2, 0.25) is 0 Å².